The van der Waals surface area contributed by atoms with Gasteiger partial charge in [0, 0.05) is 40.6 Å². The molecule has 2 atom stereocenters. The summed E-state index contributed by atoms with van der Waals surface area (Å²) in [5.74, 6) is 1.62. The molecule has 4 heterocycles. The summed E-state index contributed by atoms with van der Waals surface area (Å²) >= 11 is 0. The molecule has 2 aliphatic rings. The molecule has 2 aromatic heterocycles. The van der Waals surface area contributed by atoms with Crippen molar-refractivity contribution in [3.05, 3.63) is 119 Å². The van der Waals surface area contributed by atoms with E-state index in [9.17, 15) is 9.59 Å². The minimum Gasteiger partial charge on any atom is -0.333 e. The van der Waals surface area contributed by atoms with Gasteiger partial charge in [-0.3, -0.25) is 10.1 Å². The third-order valence-corrected chi connectivity index (χ3v) is 10.2. The summed E-state index contributed by atoms with van der Waals surface area (Å²) in [6.07, 6.45) is 4.83. The number of para-hydroxylation sites is 1. The Bertz CT molecular complexity index is 2060. The maximum absolute atomic E-state index is 14.1. The van der Waals surface area contributed by atoms with Gasteiger partial charge in [-0.15, -0.1) is 0 Å². The zero-order valence-corrected chi connectivity index (χ0v) is 30.9. The van der Waals surface area contributed by atoms with E-state index in [1.165, 1.54) is 5.56 Å². The molecule has 268 valence electrons. The Labute approximate surface area is 306 Å². The van der Waals surface area contributed by atoms with Crippen LogP contribution in [0.1, 0.15) is 85.0 Å². The summed E-state index contributed by atoms with van der Waals surface area (Å²) < 4.78 is 1.79. The highest BCUT2D eigenvalue weighted by atomic mass is 16.2. The molecule has 2 bridgehead atoms. The number of aromatic nitrogens is 4. The number of carbonyl (C=O) groups is 2. The number of hydrogen-bond acceptors (Lipinski definition) is 6. The molecule has 10 nitrogen and oxygen atoms in total. The van der Waals surface area contributed by atoms with E-state index in [-0.39, 0.29) is 29.4 Å². The summed E-state index contributed by atoms with van der Waals surface area (Å²) in [6, 6.07) is 27.8. The van der Waals surface area contributed by atoms with Crippen molar-refractivity contribution < 1.29 is 9.59 Å². The maximum atomic E-state index is 14.1. The first-order chi connectivity index (χ1) is 24.9. The van der Waals surface area contributed by atoms with Crippen molar-refractivity contribution in [1.29, 1.82) is 0 Å². The number of piperidine rings is 1. The molecule has 2 saturated heterocycles. The van der Waals surface area contributed by atoms with Crippen molar-refractivity contribution in [2.45, 2.75) is 91.1 Å². The smallest absolute Gasteiger partial charge is 0.324 e. The summed E-state index contributed by atoms with van der Waals surface area (Å²) in [5.41, 5.74) is 7.77. The Kier molecular flexibility index (Phi) is 9.57. The number of nitrogens with zero attached hydrogens (tertiary/aromatic N) is 5. The Morgan fingerprint density at radius 1 is 0.808 bits per heavy atom. The molecular weight excluding hydrogens is 649 g/mol. The van der Waals surface area contributed by atoms with Crippen LogP contribution >= 0.6 is 0 Å². The minimum absolute atomic E-state index is 0.0639. The van der Waals surface area contributed by atoms with Crippen LogP contribution in [0.4, 0.5) is 27.9 Å². The van der Waals surface area contributed by atoms with Crippen LogP contribution in [0.2, 0.25) is 0 Å². The van der Waals surface area contributed by atoms with Gasteiger partial charge in [0.1, 0.15) is 5.82 Å². The first-order valence-electron chi connectivity index (χ1n) is 18.2. The second-order valence-corrected chi connectivity index (χ2v) is 15.5. The van der Waals surface area contributed by atoms with Crippen LogP contribution in [0.25, 0.3) is 5.69 Å². The number of urea groups is 1. The molecule has 3 N–H and O–H groups in total. The van der Waals surface area contributed by atoms with E-state index in [4.69, 9.17) is 5.10 Å². The predicted octanol–water partition coefficient (Wildman–Crippen LogP) is 8.90. The number of amides is 3. The molecule has 0 spiro atoms. The number of nitrogens with one attached hydrogen (secondary N) is 3. The van der Waals surface area contributed by atoms with Crippen molar-refractivity contribution in [2.24, 2.45) is 5.92 Å². The molecule has 10 heteroatoms. The fourth-order valence-corrected chi connectivity index (χ4v) is 7.72. The second-order valence-electron chi connectivity index (χ2n) is 15.5. The highest BCUT2D eigenvalue weighted by Gasteiger charge is 2.43. The molecular formula is C42H48N8O2. The van der Waals surface area contributed by atoms with Gasteiger partial charge < -0.3 is 15.5 Å². The van der Waals surface area contributed by atoms with E-state index >= 15 is 0 Å². The van der Waals surface area contributed by atoms with Crippen molar-refractivity contribution >= 4 is 35.1 Å². The Hall–Kier alpha value is -5.51. The molecule has 2 unspecified atom stereocenters. The standard InChI is InChI=1S/C42H48N8O2/c1-26-14-16-32(17-15-26)50-38(25-37(48-50)42(4,5)6)47-41(52)45-31-11-9-10-29(22-31)21-30-23-33-18-19-34(24-30)49(33)39(51)35-12-7-8-13-36(35)46-40-43-27(2)20-28(3)44-40/h7-17,20,22,25,30,33-34H,18-19,21,23-24H2,1-6H3,(H,43,44,46)(H2,45,47,52). The first kappa shape index (κ1) is 34.9. The molecule has 5 aromatic rings. The zero-order valence-electron chi connectivity index (χ0n) is 30.9. The fourth-order valence-electron chi connectivity index (χ4n) is 7.72. The third kappa shape index (κ3) is 7.71. The van der Waals surface area contributed by atoms with Gasteiger partial charge in [0.15, 0.2) is 0 Å². The molecule has 2 aliphatic heterocycles. The van der Waals surface area contributed by atoms with Gasteiger partial charge in [0.25, 0.3) is 5.91 Å². The molecule has 7 rings (SSSR count). The number of hydrogen-bond donors (Lipinski definition) is 3. The van der Waals surface area contributed by atoms with Crippen LogP contribution in [0.5, 0.6) is 0 Å². The molecule has 3 amide bonds. The van der Waals surface area contributed by atoms with Gasteiger partial charge in [-0.1, -0.05) is 62.7 Å². The monoisotopic (exact) mass is 696 g/mol. The average molecular weight is 697 g/mol. The topological polar surface area (TPSA) is 117 Å². The lowest BCUT2D eigenvalue weighted by atomic mass is 9.85. The highest BCUT2D eigenvalue weighted by Crippen LogP contribution is 2.41. The van der Waals surface area contributed by atoms with Crippen LogP contribution in [-0.4, -0.2) is 48.7 Å². The largest absolute Gasteiger partial charge is 0.333 e. The Morgan fingerprint density at radius 3 is 2.19 bits per heavy atom. The molecule has 0 radical (unpaired) electrons. The predicted molar refractivity (Wildman–Crippen MR) is 207 cm³/mol. The van der Waals surface area contributed by atoms with Gasteiger partial charge in [-0.2, -0.15) is 5.10 Å². The van der Waals surface area contributed by atoms with Crippen molar-refractivity contribution in [3.63, 3.8) is 0 Å². The van der Waals surface area contributed by atoms with Crippen LogP contribution in [0, 0.1) is 26.7 Å². The summed E-state index contributed by atoms with van der Waals surface area (Å²) in [6.45, 7) is 12.3. The van der Waals surface area contributed by atoms with E-state index in [1.807, 2.05) is 93.6 Å². The van der Waals surface area contributed by atoms with Crippen LogP contribution < -0.4 is 16.0 Å². The molecule has 2 fully saturated rings. The summed E-state index contributed by atoms with van der Waals surface area (Å²) in [7, 11) is 0. The zero-order chi connectivity index (χ0) is 36.6. The lowest BCUT2D eigenvalue weighted by Gasteiger charge is -2.39. The van der Waals surface area contributed by atoms with E-state index < -0.39 is 0 Å². The second kappa shape index (κ2) is 14.3. The number of rotatable bonds is 8. The Balaban J connectivity index is 1.00. The van der Waals surface area contributed by atoms with Crippen LogP contribution in [-0.2, 0) is 11.8 Å². The molecule has 0 aliphatic carbocycles. The van der Waals surface area contributed by atoms with Crippen molar-refractivity contribution in [1.82, 2.24) is 24.6 Å². The maximum Gasteiger partial charge on any atom is 0.324 e. The van der Waals surface area contributed by atoms with Crippen molar-refractivity contribution in [3.8, 4) is 5.69 Å². The molecule has 0 saturated carbocycles. The van der Waals surface area contributed by atoms with Gasteiger partial charge in [0.2, 0.25) is 5.95 Å². The number of aryl methyl sites for hydroxylation is 3. The van der Waals surface area contributed by atoms with Crippen molar-refractivity contribution in [2.75, 3.05) is 16.0 Å². The summed E-state index contributed by atoms with van der Waals surface area (Å²) in [5, 5.41) is 14.2. The van der Waals surface area contributed by atoms with Gasteiger partial charge in [-0.05, 0) is 107 Å². The lowest BCUT2D eigenvalue weighted by Crippen LogP contribution is -2.47. The van der Waals surface area contributed by atoms with E-state index in [0.29, 0.717) is 23.2 Å². The quantitative estimate of drug-likeness (QED) is 0.149. The number of anilines is 4. The molecule has 52 heavy (non-hydrogen) atoms. The Morgan fingerprint density at radius 2 is 1.50 bits per heavy atom. The summed E-state index contributed by atoms with van der Waals surface area (Å²) in [4.78, 5) is 38.6. The number of carbonyl (C=O) groups excluding carboxylic acids is 2. The van der Waals surface area contributed by atoms with Gasteiger partial charge >= 0.3 is 6.03 Å². The third-order valence-electron chi connectivity index (χ3n) is 10.2. The normalized spacial score (nSPS) is 18.3. The van der Waals surface area contributed by atoms with Gasteiger partial charge in [-0.25, -0.2) is 19.4 Å². The van der Waals surface area contributed by atoms with Crippen LogP contribution in [0.3, 0.4) is 0 Å². The lowest BCUT2D eigenvalue weighted by molar-refractivity contribution is 0.0525. The van der Waals surface area contributed by atoms with E-state index in [1.54, 1.807) is 4.68 Å². The van der Waals surface area contributed by atoms with Gasteiger partial charge in [0.05, 0.1) is 22.6 Å². The van der Waals surface area contributed by atoms with Crippen LogP contribution in [0.15, 0.2) is 84.9 Å². The SMILES string of the molecule is Cc1ccc(-n2nc(C(C)(C)C)cc2NC(=O)Nc2cccc(CC3CC4CCC(C3)N4C(=O)c3ccccc3Nc3nc(C)cc(C)n3)c2)cc1. The minimum atomic E-state index is -0.324. The average Bonchev–Trinajstić information content (AvgIpc) is 3.63. The van der Waals surface area contributed by atoms with E-state index in [0.717, 1.165) is 71.8 Å². The highest BCUT2D eigenvalue weighted by molar-refractivity contribution is 6.01. The number of benzene rings is 3. The fraction of sp³-hybridized carbons (Fsp3) is 0.357. The number of fused-ring (bicyclic) bond motifs is 2. The first-order valence-corrected chi connectivity index (χ1v) is 18.2. The molecule has 3 aromatic carbocycles. The van der Waals surface area contributed by atoms with E-state index in [2.05, 4.69) is 63.7 Å².